The highest BCUT2D eigenvalue weighted by Gasteiger charge is 2.17. The second-order valence-electron chi connectivity index (χ2n) is 6.52. The Kier molecular flexibility index (Phi) is 3.52. The molecule has 0 saturated carbocycles. The van der Waals surface area contributed by atoms with E-state index >= 15 is 0 Å². The van der Waals surface area contributed by atoms with Gasteiger partial charge in [0.15, 0.2) is 0 Å². The first-order valence-corrected chi connectivity index (χ1v) is 7.11. The smallest absolute Gasteiger partial charge is 0.140 e. The van der Waals surface area contributed by atoms with Crippen LogP contribution in [0, 0.1) is 11.2 Å². The summed E-state index contributed by atoms with van der Waals surface area (Å²) < 4.78 is 15.1. The number of benzene rings is 1. The van der Waals surface area contributed by atoms with E-state index in [0.29, 0.717) is 11.4 Å². The number of halogens is 1. The van der Waals surface area contributed by atoms with Crippen LogP contribution in [0.2, 0.25) is 0 Å². The minimum absolute atomic E-state index is 0.168. The third-order valence-corrected chi connectivity index (χ3v) is 3.20. The van der Waals surface area contributed by atoms with Crippen LogP contribution in [-0.4, -0.2) is 25.0 Å². The predicted octanol–water partition coefficient (Wildman–Crippen LogP) is 3.52. The van der Waals surface area contributed by atoms with Crippen LogP contribution in [0.4, 0.5) is 4.39 Å². The molecule has 0 aliphatic rings. The van der Waals surface area contributed by atoms with Crippen molar-refractivity contribution in [1.82, 2.24) is 25.0 Å². The summed E-state index contributed by atoms with van der Waals surface area (Å²) in [5, 5.41) is 11.0. The Morgan fingerprint density at radius 2 is 1.77 bits per heavy atom. The molecule has 22 heavy (non-hydrogen) atoms. The van der Waals surface area contributed by atoms with Gasteiger partial charge in [-0.25, -0.2) is 9.37 Å². The lowest BCUT2D eigenvalue weighted by molar-refractivity contribution is 0.343. The van der Waals surface area contributed by atoms with Crippen LogP contribution >= 0.6 is 0 Å². The Bertz CT molecular complexity index is 764. The van der Waals surface area contributed by atoms with Gasteiger partial charge in [-0.3, -0.25) is 0 Å². The first-order valence-electron chi connectivity index (χ1n) is 7.11. The number of nitrogens with zero attached hydrogens (tertiary/aromatic N) is 4. The van der Waals surface area contributed by atoms with Crippen LogP contribution in [0.5, 0.6) is 0 Å². The summed E-state index contributed by atoms with van der Waals surface area (Å²) in [6, 6.07) is 6.18. The van der Waals surface area contributed by atoms with Crippen molar-refractivity contribution in [2.75, 3.05) is 0 Å². The molecular weight excluding hydrogens is 281 g/mol. The largest absolute Gasteiger partial charge is 0.336 e. The minimum atomic E-state index is -0.275. The van der Waals surface area contributed by atoms with Crippen LogP contribution in [-0.2, 0) is 6.54 Å². The van der Waals surface area contributed by atoms with E-state index in [4.69, 9.17) is 0 Å². The third kappa shape index (κ3) is 3.05. The SMILES string of the molecule is CC(C)(C)Cn1cnc(-c2n[nH]nc2-c2ccc(F)cc2)c1. The fraction of sp³-hybridized carbons (Fsp3) is 0.312. The van der Waals surface area contributed by atoms with E-state index in [9.17, 15) is 4.39 Å². The maximum Gasteiger partial charge on any atom is 0.140 e. The van der Waals surface area contributed by atoms with Gasteiger partial charge in [-0.1, -0.05) is 20.8 Å². The molecule has 0 aliphatic carbocycles. The highest BCUT2D eigenvalue weighted by atomic mass is 19.1. The van der Waals surface area contributed by atoms with Gasteiger partial charge in [0.25, 0.3) is 0 Å². The van der Waals surface area contributed by atoms with Gasteiger partial charge >= 0.3 is 0 Å². The van der Waals surface area contributed by atoms with Gasteiger partial charge in [0.1, 0.15) is 22.9 Å². The summed E-state index contributed by atoms with van der Waals surface area (Å²) in [4.78, 5) is 4.41. The van der Waals surface area contributed by atoms with Crippen molar-refractivity contribution in [1.29, 1.82) is 0 Å². The van der Waals surface area contributed by atoms with Gasteiger partial charge in [0.2, 0.25) is 0 Å². The molecule has 1 N–H and O–H groups in total. The molecule has 3 rings (SSSR count). The Labute approximate surface area is 128 Å². The lowest BCUT2D eigenvalue weighted by Crippen LogP contribution is -2.13. The van der Waals surface area contributed by atoms with Gasteiger partial charge in [-0.05, 0) is 29.7 Å². The average Bonchev–Trinajstić information content (AvgIpc) is 3.06. The van der Waals surface area contributed by atoms with Crippen molar-refractivity contribution in [3.8, 4) is 22.6 Å². The molecule has 2 aromatic heterocycles. The molecule has 0 unspecified atom stereocenters. The molecule has 0 spiro atoms. The zero-order valence-corrected chi connectivity index (χ0v) is 12.8. The van der Waals surface area contributed by atoms with Crippen LogP contribution in [0.3, 0.4) is 0 Å². The highest BCUT2D eigenvalue weighted by molar-refractivity contribution is 5.75. The van der Waals surface area contributed by atoms with Gasteiger partial charge in [0, 0.05) is 18.3 Å². The average molecular weight is 299 g/mol. The van der Waals surface area contributed by atoms with Crippen LogP contribution in [0.15, 0.2) is 36.8 Å². The fourth-order valence-corrected chi connectivity index (χ4v) is 2.34. The molecule has 0 radical (unpaired) electrons. The summed E-state index contributed by atoms with van der Waals surface area (Å²) in [6.07, 6.45) is 3.75. The second-order valence-corrected chi connectivity index (χ2v) is 6.52. The van der Waals surface area contributed by atoms with Crippen molar-refractivity contribution in [2.45, 2.75) is 27.3 Å². The summed E-state index contributed by atoms with van der Waals surface area (Å²) in [5.74, 6) is -0.275. The molecule has 6 heteroatoms. The molecule has 0 fully saturated rings. The zero-order chi connectivity index (χ0) is 15.7. The molecule has 1 aromatic carbocycles. The van der Waals surface area contributed by atoms with Gasteiger partial charge in [-0.2, -0.15) is 15.4 Å². The van der Waals surface area contributed by atoms with Crippen LogP contribution < -0.4 is 0 Å². The number of aromatic nitrogens is 5. The predicted molar refractivity (Wildman–Crippen MR) is 82.5 cm³/mol. The van der Waals surface area contributed by atoms with Crippen molar-refractivity contribution in [3.63, 3.8) is 0 Å². The number of H-pyrrole nitrogens is 1. The molecule has 5 nitrogen and oxygen atoms in total. The van der Waals surface area contributed by atoms with E-state index in [-0.39, 0.29) is 11.2 Å². The lowest BCUT2D eigenvalue weighted by Gasteiger charge is -2.18. The summed E-state index contributed by atoms with van der Waals surface area (Å²) in [7, 11) is 0. The van der Waals surface area contributed by atoms with Gasteiger partial charge < -0.3 is 4.57 Å². The third-order valence-electron chi connectivity index (χ3n) is 3.20. The normalized spacial score (nSPS) is 11.8. The fourth-order valence-electron chi connectivity index (χ4n) is 2.34. The monoisotopic (exact) mass is 299 g/mol. The first-order chi connectivity index (χ1) is 10.4. The number of nitrogens with one attached hydrogen (secondary N) is 1. The summed E-state index contributed by atoms with van der Waals surface area (Å²) >= 11 is 0. The number of hydrogen-bond acceptors (Lipinski definition) is 3. The molecule has 114 valence electrons. The van der Waals surface area contributed by atoms with Crippen molar-refractivity contribution >= 4 is 0 Å². The Hall–Kier alpha value is -2.50. The maximum absolute atomic E-state index is 13.1. The molecule has 0 aliphatic heterocycles. The second kappa shape index (κ2) is 5.36. The van der Waals surface area contributed by atoms with Crippen molar-refractivity contribution in [2.24, 2.45) is 5.41 Å². The van der Waals surface area contributed by atoms with Gasteiger partial charge in [0.05, 0.1) is 6.33 Å². The summed E-state index contributed by atoms with van der Waals surface area (Å²) in [6.45, 7) is 7.38. The lowest BCUT2D eigenvalue weighted by atomic mass is 9.97. The number of rotatable bonds is 3. The molecule has 2 heterocycles. The van der Waals surface area contributed by atoms with E-state index in [0.717, 1.165) is 17.8 Å². The van der Waals surface area contributed by atoms with Crippen molar-refractivity contribution < 1.29 is 4.39 Å². The number of imidazole rings is 1. The number of aromatic amines is 1. The van der Waals surface area contributed by atoms with Crippen LogP contribution in [0.25, 0.3) is 22.6 Å². The Balaban J connectivity index is 1.94. The number of hydrogen-bond donors (Lipinski definition) is 1. The molecule has 0 saturated heterocycles. The minimum Gasteiger partial charge on any atom is -0.336 e. The van der Waals surface area contributed by atoms with E-state index in [1.165, 1.54) is 12.1 Å². The molecule has 0 bridgehead atoms. The molecule has 3 aromatic rings. The quantitative estimate of drug-likeness (QED) is 0.805. The summed E-state index contributed by atoms with van der Waals surface area (Å²) in [5.41, 5.74) is 3.05. The molecule has 0 amide bonds. The van der Waals surface area contributed by atoms with Crippen molar-refractivity contribution in [3.05, 3.63) is 42.6 Å². The highest BCUT2D eigenvalue weighted by Crippen LogP contribution is 2.27. The van der Waals surface area contributed by atoms with Gasteiger partial charge in [-0.15, -0.1) is 0 Å². The first kappa shape index (κ1) is 14.4. The molecular formula is C16H18FN5. The topological polar surface area (TPSA) is 59.4 Å². The molecule has 0 atom stereocenters. The van der Waals surface area contributed by atoms with E-state index in [2.05, 4.69) is 41.2 Å². The van der Waals surface area contributed by atoms with E-state index < -0.39 is 0 Å². The maximum atomic E-state index is 13.1. The van der Waals surface area contributed by atoms with E-state index in [1.54, 1.807) is 18.5 Å². The van der Waals surface area contributed by atoms with Crippen LogP contribution in [0.1, 0.15) is 20.8 Å². The standard InChI is InChI=1S/C16H18FN5/c1-16(2,3)9-22-8-13(18-10-22)15-14(19-21-20-15)11-4-6-12(17)7-5-11/h4-8,10H,9H2,1-3H3,(H,19,20,21). The zero-order valence-electron chi connectivity index (χ0n) is 12.8. The van der Waals surface area contributed by atoms with E-state index in [1.807, 2.05) is 10.8 Å². The Morgan fingerprint density at radius 1 is 1.09 bits per heavy atom. The Morgan fingerprint density at radius 3 is 2.45 bits per heavy atom.